The molecule has 17 heavy (non-hydrogen) atoms. The van der Waals surface area contributed by atoms with Crippen molar-refractivity contribution in [3.63, 3.8) is 0 Å². The summed E-state index contributed by atoms with van der Waals surface area (Å²) in [4.78, 5) is 1.33. The van der Waals surface area contributed by atoms with Crippen LogP contribution in [0, 0.1) is 11.8 Å². The van der Waals surface area contributed by atoms with Crippen LogP contribution in [0.25, 0.3) is 0 Å². The van der Waals surface area contributed by atoms with Crippen LogP contribution in [-0.4, -0.2) is 18.8 Å². The van der Waals surface area contributed by atoms with Gasteiger partial charge in [0.05, 0.1) is 0 Å². The fraction of sp³-hybridized carbons (Fsp3) is 0.571. The van der Waals surface area contributed by atoms with E-state index in [2.05, 4.69) is 50.4 Å². The summed E-state index contributed by atoms with van der Waals surface area (Å²) < 4.78 is 0. The maximum absolute atomic E-state index is 5.76. The zero-order valence-electron chi connectivity index (χ0n) is 11.1. The van der Waals surface area contributed by atoms with Crippen molar-refractivity contribution in [3.8, 4) is 0 Å². The standard InChI is InChI=1S/C14H24N2S/c1-4-17-14-7-5-13(6-8-14)16-10-12(9-15)11(2)3/h5-8,11-12,16H,4,9-10,15H2,1-3H3. The maximum atomic E-state index is 5.76. The van der Waals surface area contributed by atoms with Crippen molar-refractivity contribution in [2.24, 2.45) is 17.6 Å². The highest BCUT2D eigenvalue weighted by Gasteiger charge is 2.10. The molecular weight excluding hydrogens is 228 g/mol. The summed E-state index contributed by atoms with van der Waals surface area (Å²) in [5.41, 5.74) is 6.94. The lowest BCUT2D eigenvalue weighted by Gasteiger charge is -2.20. The smallest absolute Gasteiger partial charge is 0.0341 e. The Balaban J connectivity index is 2.46. The number of nitrogens with one attached hydrogen (secondary N) is 1. The molecule has 0 saturated carbocycles. The van der Waals surface area contributed by atoms with Crippen LogP contribution in [-0.2, 0) is 0 Å². The lowest BCUT2D eigenvalue weighted by Crippen LogP contribution is -2.27. The van der Waals surface area contributed by atoms with Gasteiger partial charge in [-0.2, -0.15) is 0 Å². The van der Waals surface area contributed by atoms with Gasteiger partial charge in [-0.15, -0.1) is 11.8 Å². The summed E-state index contributed by atoms with van der Waals surface area (Å²) in [6.07, 6.45) is 0. The minimum atomic E-state index is 0.541. The second-order valence-corrected chi connectivity index (χ2v) is 5.92. The molecule has 0 spiro atoms. The number of benzene rings is 1. The van der Waals surface area contributed by atoms with Crippen molar-refractivity contribution in [3.05, 3.63) is 24.3 Å². The quantitative estimate of drug-likeness (QED) is 0.730. The van der Waals surface area contributed by atoms with Crippen LogP contribution in [0.1, 0.15) is 20.8 Å². The van der Waals surface area contributed by atoms with Crippen molar-refractivity contribution < 1.29 is 0 Å². The number of nitrogens with two attached hydrogens (primary N) is 1. The van der Waals surface area contributed by atoms with Crippen molar-refractivity contribution in [2.75, 3.05) is 24.2 Å². The van der Waals surface area contributed by atoms with E-state index in [-0.39, 0.29) is 0 Å². The Morgan fingerprint density at radius 1 is 1.24 bits per heavy atom. The van der Waals surface area contributed by atoms with E-state index < -0.39 is 0 Å². The topological polar surface area (TPSA) is 38.0 Å². The Labute approximate surface area is 109 Å². The van der Waals surface area contributed by atoms with Gasteiger partial charge in [0.1, 0.15) is 0 Å². The van der Waals surface area contributed by atoms with Gasteiger partial charge in [-0.05, 0) is 48.4 Å². The zero-order chi connectivity index (χ0) is 12.7. The zero-order valence-corrected chi connectivity index (χ0v) is 11.9. The molecule has 3 N–H and O–H groups in total. The van der Waals surface area contributed by atoms with Gasteiger partial charge >= 0.3 is 0 Å². The van der Waals surface area contributed by atoms with Crippen LogP contribution in [0.5, 0.6) is 0 Å². The van der Waals surface area contributed by atoms with Crippen LogP contribution in [0.15, 0.2) is 29.2 Å². The molecule has 0 aliphatic heterocycles. The van der Waals surface area contributed by atoms with Crippen LogP contribution in [0.3, 0.4) is 0 Å². The molecule has 0 saturated heterocycles. The highest BCUT2D eigenvalue weighted by molar-refractivity contribution is 7.99. The Bertz CT molecular complexity index is 309. The van der Waals surface area contributed by atoms with Gasteiger partial charge in [0.2, 0.25) is 0 Å². The third kappa shape index (κ3) is 5.00. The van der Waals surface area contributed by atoms with Gasteiger partial charge in [-0.25, -0.2) is 0 Å². The fourth-order valence-electron chi connectivity index (χ4n) is 1.68. The first-order valence-corrected chi connectivity index (χ1v) is 7.32. The molecule has 0 radical (unpaired) electrons. The van der Waals surface area contributed by atoms with E-state index in [0.717, 1.165) is 18.8 Å². The molecule has 1 unspecified atom stereocenters. The molecule has 1 aromatic rings. The third-order valence-electron chi connectivity index (χ3n) is 2.98. The first-order valence-electron chi connectivity index (χ1n) is 6.34. The summed E-state index contributed by atoms with van der Waals surface area (Å²) in [5, 5.41) is 3.46. The van der Waals surface area contributed by atoms with Crippen molar-refractivity contribution in [2.45, 2.75) is 25.7 Å². The number of anilines is 1. The van der Waals surface area contributed by atoms with Gasteiger partial charge in [0, 0.05) is 17.1 Å². The molecule has 0 aliphatic rings. The molecule has 1 aromatic carbocycles. The number of hydrogen-bond donors (Lipinski definition) is 2. The minimum absolute atomic E-state index is 0.541. The number of hydrogen-bond acceptors (Lipinski definition) is 3. The molecular formula is C14H24N2S. The predicted octanol–water partition coefficient (Wildman–Crippen LogP) is 3.44. The SMILES string of the molecule is CCSc1ccc(NCC(CN)C(C)C)cc1. The van der Waals surface area contributed by atoms with E-state index in [1.165, 1.54) is 10.6 Å². The van der Waals surface area contributed by atoms with Crippen molar-refractivity contribution >= 4 is 17.4 Å². The lowest BCUT2D eigenvalue weighted by atomic mass is 9.96. The van der Waals surface area contributed by atoms with E-state index in [9.17, 15) is 0 Å². The van der Waals surface area contributed by atoms with Crippen LogP contribution in [0.2, 0.25) is 0 Å². The molecule has 1 rings (SSSR count). The maximum Gasteiger partial charge on any atom is 0.0341 e. The normalized spacial score (nSPS) is 12.8. The molecule has 0 fully saturated rings. The van der Waals surface area contributed by atoms with E-state index in [1.54, 1.807) is 0 Å². The van der Waals surface area contributed by atoms with Crippen LogP contribution in [0.4, 0.5) is 5.69 Å². The van der Waals surface area contributed by atoms with E-state index >= 15 is 0 Å². The van der Waals surface area contributed by atoms with Gasteiger partial charge in [-0.1, -0.05) is 20.8 Å². The van der Waals surface area contributed by atoms with Crippen LogP contribution < -0.4 is 11.1 Å². The van der Waals surface area contributed by atoms with Gasteiger partial charge in [0.25, 0.3) is 0 Å². The summed E-state index contributed by atoms with van der Waals surface area (Å²) in [6.45, 7) is 8.31. The summed E-state index contributed by atoms with van der Waals surface area (Å²) >= 11 is 1.87. The van der Waals surface area contributed by atoms with E-state index in [0.29, 0.717) is 11.8 Å². The fourth-order valence-corrected chi connectivity index (χ4v) is 2.34. The van der Waals surface area contributed by atoms with E-state index in [1.807, 2.05) is 11.8 Å². The Morgan fingerprint density at radius 3 is 2.35 bits per heavy atom. The van der Waals surface area contributed by atoms with Gasteiger partial charge in [0.15, 0.2) is 0 Å². The molecule has 96 valence electrons. The molecule has 3 heteroatoms. The van der Waals surface area contributed by atoms with Crippen molar-refractivity contribution in [1.82, 2.24) is 0 Å². The molecule has 1 atom stereocenters. The molecule has 0 amide bonds. The highest BCUT2D eigenvalue weighted by atomic mass is 32.2. The Morgan fingerprint density at radius 2 is 1.88 bits per heavy atom. The Kier molecular flexibility index (Phi) is 6.45. The number of rotatable bonds is 7. The first kappa shape index (κ1) is 14.4. The lowest BCUT2D eigenvalue weighted by molar-refractivity contribution is 0.413. The second-order valence-electron chi connectivity index (χ2n) is 4.58. The summed E-state index contributed by atoms with van der Waals surface area (Å²) in [7, 11) is 0. The minimum Gasteiger partial charge on any atom is -0.385 e. The van der Waals surface area contributed by atoms with Crippen molar-refractivity contribution in [1.29, 1.82) is 0 Å². The predicted molar refractivity (Wildman–Crippen MR) is 78.7 cm³/mol. The highest BCUT2D eigenvalue weighted by Crippen LogP contribution is 2.20. The third-order valence-corrected chi connectivity index (χ3v) is 3.87. The average molecular weight is 252 g/mol. The second kappa shape index (κ2) is 7.62. The number of thioether (sulfide) groups is 1. The first-order chi connectivity index (χ1) is 8.17. The Hall–Kier alpha value is -0.670. The molecule has 0 aromatic heterocycles. The largest absolute Gasteiger partial charge is 0.385 e. The molecule has 0 heterocycles. The molecule has 0 aliphatic carbocycles. The average Bonchev–Trinajstić information content (AvgIpc) is 2.32. The van der Waals surface area contributed by atoms with Gasteiger partial charge in [-0.3, -0.25) is 0 Å². The molecule has 2 nitrogen and oxygen atoms in total. The monoisotopic (exact) mass is 252 g/mol. The van der Waals surface area contributed by atoms with E-state index in [4.69, 9.17) is 5.73 Å². The summed E-state index contributed by atoms with van der Waals surface area (Å²) in [6, 6.07) is 8.63. The summed E-state index contributed by atoms with van der Waals surface area (Å²) in [5.74, 6) is 2.29. The van der Waals surface area contributed by atoms with Gasteiger partial charge < -0.3 is 11.1 Å². The van der Waals surface area contributed by atoms with Crippen LogP contribution >= 0.6 is 11.8 Å². The molecule has 0 bridgehead atoms.